The Kier molecular flexibility index (Phi) is 2.46. The van der Waals surface area contributed by atoms with Crippen molar-refractivity contribution < 1.29 is 0 Å². The van der Waals surface area contributed by atoms with Crippen LogP contribution >= 0.6 is 11.6 Å². The van der Waals surface area contributed by atoms with Crippen LogP contribution in [0.15, 0.2) is 29.4 Å². The second-order valence-corrected chi connectivity index (χ2v) is 3.58. The van der Waals surface area contributed by atoms with Gasteiger partial charge in [0.05, 0.1) is 5.52 Å². The minimum absolute atomic E-state index is 0.634. The van der Waals surface area contributed by atoms with E-state index in [0.29, 0.717) is 10.7 Å². The van der Waals surface area contributed by atoms with Crippen LogP contribution in [0.5, 0.6) is 0 Å². The van der Waals surface area contributed by atoms with Crippen LogP contribution in [0.25, 0.3) is 10.9 Å². The molecule has 1 aromatic heterocycles. The fourth-order valence-electron chi connectivity index (χ4n) is 1.45. The molecule has 0 radical (unpaired) electrons. The van der Waals surface area contributed by atoms with Crippen LogP contribution in [0.4, 0.5) is 5.69 Å². The molecule has 0 amide bonds. The Morgan fingerprint density at radius 1 is 1.40 bits per heavy atom. The van der Waals surface area contributed by atoms with Crippen LogP contribution in [0.1, 0.15) is 5.69 Å². The number of nitrogens with zero attached hydrogens (tertiary/aromatic N) is 3. The van der Waals surface area contributed by atoms with Gasteiger partial charge in [-0.2, -0.15) is 0 Å². The number of hydrogen-bond donors (Lipinski definition) is 1. The van der Waals surface area contributed by atoms with Crippen LogP contribution in [0.2, 0.25) is 5.02 Å². The molecule has 0 spiro atoms. The van der Waals surface area contributed by atoms with Gasteiger partial charge < -0.3 is 0 Å². The van der Waals surface area contributed by atoms with Crippen molar-refractivity contribution in [2.45, 2.75) is 6.92 Å². The van der Waals surface area contributed by atoms with Crippen molar-refractivity contribution in [2.75, 3.05) is 0 Å². The number of aryl methyl sites for hydroxylation is 1. The molecule has 1 heterocycles. The number of pyridine rings is 1. The van der Waals surface area contributed by atoms with Gasteiger partial charge >= 0.3 is 0 Å². The summed E-state index contributed by atoms with van der Waals surface area (Å²) >= 11 is 5.87. The van der Waals surface area contributed by atoms with Crippen LogP contribution in [0.3, 0.4) is 0 Å². The Balaban J connectivity index is 2.85. The molecule has 0 fully saturated rings. The smallest absolute Gasteiger partial charge is 0.220 e. The van der Waals surface area contributed by atoms with E-state index in [1.165, 1.54) is 0 Å². The summed E-state index contributed by atoms with van der Waals surface area (Å²) < 4.78 is 0. The maximum atomic E-state index is 6.74. The summed E-state index contributed by atoms with van der Waals surface area (Å²) in [5, 5.41) is 5.22. The Morgan fingerprint density at radius 2 is 2.20 bits per heavy atom. The Labute approximate surface area is 91.1 Å². The lowest BCUT2D eigenvalue weighted by atomic mass is 10.1. The molecule has 15 heavy (non-hydrogen) atoms. The highest BCUT2D eigenvalue weighted by molar-refractivity contribution is 6.31. The first-order chi connectivity index (χ1) is 7.20. The van der Waals surface area contributed by atoms with E-state index in [4.69, 9.17) is 17.1 Å². The lowest BCUT2D eigenvalue weighted by Crippen LogP contribution is -1.84. The molecule has 2 rings (SSSR count). The van der Waals surface area contributed by atoms with E-state index in [1.54, 1.807) is 18.2 Å². The van der Waals surface area contributed by atoms with Crippen molar-refractivity contribution in [1.29, 1.82) is 5.53 Å². The first-order valence-electron chi connectivity index (χ1n) is 4.35. The van der Waals surface area contributed by atoms with Gasteiger partial charge in [0.1, 0.15) is 5.53 Å². The van der Waals surface area contributed by atoms with Crippen molar-refractivity contribution in [3.63, 3.8) is 0 Å². The fourth-order valence-corrected chi connectivity index (χ4v) is 1.61. The molecule has 4 nitrogen and oxygen atoms in total. The van der Waals surface area contributed by atoms with E-state index < -0.39 is 0 Å². The van der Waals surface area contributed by atoms with Gasteiger partial charge in [0.2, 0.25) is 4.91 Å². The number of benzene rings is 1. The zero-order valence-corrected chi connectivity index (χ0v) is 8.78. The Morgan fingerprint density at radius 3 is 2.93 bits per heavy atom. The number of fused-ring (bicyclic) bond motifs is 1. The minimum Gasteiger partial charge on any atom is -0.253 e. The predicted octanol–water partition coefficient (Wildman–Crippen LogP) is 3.38. The first kappa shape index (κ1) is 9.77. The van der Waals surface area contributed by atoms with Gasteiger partial charge in [-0.25, -0.2) is 0 Å². The third kappa shape index (κ3) is 1.86. The monoisotopic (exact) mass is 219 g/mol. The zero-order valence-electron chi connectivity index (χ0n) is 8.03. The number of hydrogen-bond acceptors (Lipinski definition) is 3. The highest BCUT2D eigenvalue weighted by Crippen LogP contribution is 2.27. The molecule has 0 aliphatic rings. The van der Waals surface area contributed by atoms with Gasteiger partial charge in [-0.1, -0.05) is 11.6 Å². The molecule has 74 valence electrons. The standard InChI is InChI=1S/C10H8ClN4/c1-6-4-10(14-15-12)8-3-2-7(11)5-9(8)13-6/h2-5,12H,1H3/q+1. The molecule has 5 heteroatoms. The lowest BCUT2D eigenvalue weighted by molar-refractivity contribution is 0.992. The highest BCUT2D eigenvalue weighted by atomic mass is 35.5. The average Bonchev–Trinajstić information content (AvgIpc) is 2.17. The minimum atomic E-state index is 0.634. The largest absolute Gasteiger partial charge is 0.253 e. The van der Waals surface area contributed by atoms with E-state index in [2.05, 4.69) is 15.0 Å². The van der Waals surface area contributed by atoms with Gasteiger partial charge in [0.15, 0.2) is 10.8 Å². The zero-order chi connectivity index (χ0) is 10.8. The third-order valence-electron chi connectivity index (χ3n) is 2.04. The number of nitrogens with one attached hydrogen (secondary N) is 1. The van der Waals surface area contributed by atoms with Crippen LogP contribution < -0.4 is 4.91 Å². The molecule has 1 aromatic carbocycles. The quantitative estimate of drug-likeness (QED) is 0.580. The summed E-state index contributed by atoms with van der Waals surface area (Å²) in [4.78, 5) is 7.37. The van der Waals surface area contributed by atoms with E-state index in [-0.39, 0.29) is 0 Å². The molecule has 0 unspecified atom stereocenters. The first-order valence-corrected chi connectivity index (χ1v) is 4.73. The van der Waals surface area contributed by atoms with Crippen molar-refractivity contribution in [2.24, 2.45) is 5.11 Å². The topological polar surface area (TPSA) is 63.2 Å². The molecule has 0 bridgehead atoms. The van der Waals surface area contributed by atoms with Gasteiger partial charge in [-0.15, -0.1) is 0 Å². The summed E-state index contributed by atoms with van der Waals surface area (Å²) in [6.45, 7) is 1.86. The average molecular weight is 220 g/mol. The van der Waals surface area contributed by atoms with Gasteiger partial charge in [0, 0.05) is 16.1 Å². The molecular weight excluding hydrogens is 212 g/mol. The number of halogens is 1. The highest BCUT2D eigenvalue weighted by Gasteiger charge is 2.07. The van der Waals surface area contributed by atoms with E-state index >= 15 is 0 Å². The Bertz CT molecular complexity index is 568. The number of aromatic nitrogens is 1. The van der Waals surface area contributed by atoms with Crippen molar-refractivity contribution in [1.82, 2.24) is 9.90 Å². The van der Waals surface area contributed by atoms with Crippen LogP contribution in [-0.4, -0.2) is 4.98 Å². The maximum Gasteiger partial charge on any atom is 0.220 e. The second kappa shape index (κ2) is 3.77. The van der Waals surface area contributed by atoms with E-state index in [0.717, 1.165) is 16.6 Å². The molecule has 0 atom stereocenters. The van der Waals surface area contributed by atoms with E-state index in [1.807, 2.05) is 13.0 Å². The molecular formula is C10H8ClN4+. The summed E-state index contributed by atoms with van der Waals surface area (Å²) in [7, 11) is 0. The summed E-state index contributed by atoms with van der Waals surface area (Å²) in [6, 6.07) is 7.15. The fraction of sp³-hybridized carbons (Fsp3) is 0.100. The van der Waals surface area contributed by atoms with Crippen molar-refractivity contribution >= 4 is 28.2 Å². The van der Waals surface area contributed by atoms with Crippen LogP contribution in [-0.2, 0) is 0 Å². The molecule has 1 N–H and O–H groups in total. The second-order valence-electron chi connectivity index (χ2n) is 3.14. The van der Waals surface area contributed by atoms with Gasteiger partial charge in [-0.3, -0.25) is 4.98 Å². The Hall–Kier alpha value is -1.77. The summed E-state index contributed by atoms with van der Waals surface area (Å²) in [5.74, 6) is 0. The number of rotatable bonds is 1. The molecule has 0 aliphatic heterocycles. The lowest BCUT2D eigenvalue weighted by Gasteiger charge is -2.00. The normalized spacial score (nSPS) is 10.0. The van der Waals surface area contributed by atoms with Crippen molar-refractivity contribution in [3.8, 4) is 0 Å². The molecule has 2 aromatic rings. The van der Waals surface area contributed by atoms with Crippen LogP contribution in [0, 0.1) is 12.5 Å². The van der Waals surface area contributed by atoms with Gasteiger partial charge in [0.25, 0.3) is 0 Å². The molecule has 0 aliphatic carbocycles. The van der Waals surface area contributed by atoms with Crippen molar-refractivity contribution in [3.05, 3.63) is 35.0 Å². The molecule has 0 saturated carbocycles. The SMILES string of the molecule is Cc1cc(N=[N+]=N)c2ccc(Cl)cc2n1. The van der Waals surface area contributed by atoms with E-state index in [9.17, 15) is 0 Å². The maximum absolute atomic E-state index is 6.74. The predicted molar refractivity (Wildman–Crippen MR) is 58.4 cm³/mol. The third-order valence-corrected chi connectivity index (χ3v) is 2.27. The summed E-state index contributed by atoms with van der Waals surface area (Å²) in [6.07, 6.45) is 0. The summed E-state index contributed by atoms with van der Waals surface area (Å²) in [5.41, 5.74) is 8.98. The van der Waals surface area contributed by atoms with Gasteiger partial charge in [-0.05, 0) is 31.2 Å². The molecule has 0 saturated heterocycles.